The first kappa shape index (κ1) is 16.3. The Morgan fingerprint density at radius 3 is 1.93 bits per heavy atom. The molecule has 0 spiro atoms. The average Bonchev–Trinajstić information content (AvgIpc) is 2.11. The molecule has 0 aliphatic heterocycles. The van der Waals surface area contributed by atoms with Crippen molar-refractivity contribution in [2.24, 2.45) is 0 Å². The van der Waals surface area contributed by atoms with Gasteiger partial charge in [-0.2, -0.15) is 0 Å². The normalized spacial score (nSPS) is 8.47. The van der Waals surface area contributed by atoms with Crippen molar-refractivity contribution in [2.45, 2.75) is 52.9 Å². The maximum absolute atomic E-state index is 9.81. The monoisotopic (exact) mass is 214 g/mol. The SMILES string of the molecule is C=CCCCCCC.CC(=O)OC(C)=O. The third kappa shape index (κ3) is 24.6. The summed E-state index contributed by atoms with van der Waals surface area (Å²) in [6.07, 6.45) is 8.61. The summed E-state index contributed by atoms with van der Waals surface area (Å²) in [6.45, 7) is 8.25. The minimum Gasteiger partial charge on any atom is -0.394 e. The second-order valence-electron chi connectivity index (χ2n) is 3.22. The molecule has 0 aromatic carbocycles. The van der Waals surface area contributed by atoms with Gasteiger partial charge in [0, 0.05) is 13.8 Å². The molecule has 3 heteroatoms. The number of hydrogen-bond donors (Lipinski definition) is 0. The van der Waals surface area contributed by atoms with Gasteiger partial charge in [-0.1, -0.05) is 32.3 Å². The lowest BCUT2D eigenvalue weighted by Crippen LogP contribution is -2.03. The fourth-order valence-electron chi connectivity index (χ4n) is 0.918. The largest absolute Gasteiger partial charge is 0.394 e. The smallest absolute Gasteiger partial charge is 0.310 e. The lowest BCUT2D eigenvalue weighted by atomic mass is 10.2. The van der Waals surface area contributed by atoms with Gasteiger partial charge in [-0.25, -0.2) is 0 Å². The van der Waals surface area contributed by atoms with Crippen LogP contribution < -0.4 is 0 Å². The maximum atomic E-state index is 9.81. The first-order valence-electron chi connectivity index (χ1n) is 5.34. The summed E-state index contributed by atoms with van der Waals surface area (Å²) in [5, 5.41) is 0. The van der Waals surface area contributed by atoms with Gasteiger partial charge in [0.2, 0.25) is 0 Å². The molecule has 0 saturated heterocycles. The number of esters is 2. The molecule has 0 aliphatic carbocycles. The highest BCUT2D eigenvalue weighted by atomic mass is 16.6. The molecule has 0 heterocycles. The summed E-state index contributed by atoms with van der Waals surface area (Å²) in [4.78, 5) is 19.6. The molecule has 0 aromatic rings. The third-order valence-electron chi connectivity index (χ3n) is 1.55. The van der Waals surface area contributed by atoms with Crippen molar-refractivity contribution in [3.8, 4) is 0 Å². The van der Waals surface area contributed by atoms with E-state index in [-0.39, 0.29) is 0 Å². The van der Waals surface area contributed by atoms with Crippen molar-refractivity contribution in [2.75, 3.05) is 0 Å². The van der Waals surface area contributed by atoms with Gasteiger partial charge in [0.1, 0.15) is 0 Å². The van der Waals surface area contributed by atoms with E-state index < -0.39 is 11.9 Å². The van der Waals surface area contributed by atoms with Crippen molar-refractivity contribution in [3.63, 3.8) is 0 Å². The molecule has 0 aromatic heterocycles. The highest BCUT2D eigenvalue weighted by molar-refractivity contribution is 5.82. The third-order valence-corrected chi connectivity index (χ3v) is 1.55. The Morgan fingerprint density at radius 1 is 1.13 bits per heavy atom. The molecule has 0 saturated carbocycles. The van der Waals surface area contributed by atoms with Crippen LogP contribution in [-0.2, 0) is 14.3 Å². The van der Waals surface area contributed by atoms with E-state index in [2.05, 4.69) is 18.2 Å². The molecule has 0 radical (unpaired) electrons. The van der Waals surface area contributed by atoms with Crippen LogP contribution in [0.25, 0.3) is 0 Å². The quantitative estimate of drug-likeness (QED) is 0.305. The standard InChI is InChI=1S/C8H16.C4H6O3/c1-3-5-7-8-6-4-2;1-3(5)7-4(2)6/h3H,1,4-8H2,2H3;1-2H3. The number of allylic oxidation sites excluding steroid dienone is 1. The number of hydrogen-bond acceptors (Lipinski definition) is 3. The Bertz CT molecular complexity index is 173. The summed E-state index contributed by atoms with van der Waals surface area (Å²) in [6, 6.07) is 0. The Morgan fingerprint density at radius 2 is 1.67 bits per heavy atom. The molecule has 0 N–H and O–H groups in total. The van der Waals surface area contributed by atoms with Crippen molar-refractivity contribution >= 4 is 11.9 Å². The van der Waals surface area contributed by atoms with Crippen LogP contribution in [0.1, 0.15) is 52.9 Å². The number of carbonyl (C=O) groups excluding carboxylic acids is 2. The van der Waals surface area contributed by atoms with Crippen LogP contribution in [0.4, 0.5) is 0 Å². The van der Waals surface area contributed by atoms with E-state index in [4.69, 9.17) is 0 Å². The summed E-state index contributed by atoms with van der Waals surface area (Å²) >= 11 is 0. The van der Waals surface area contributed by atoms with Crippen LogP contribution in [-0.4, -0.2) is 11.9 Å². The van der Waals surface area contributed by atoms with Gasteiger partial charge < -0.3 is 4.74 Å². The van der Waals surface area contributed by atoms with E-state index in [9.17, 15) is 9.59 Å². The minimum atomic E-state index is -0.562. The number of unbranched alkanes of at least 4 members (excludes halogenated alkanes) is 4. The summed E-state index contributed by atoms with van der Waals surface area (Å²) in [5.74, 6) is -1.12. The Kier molecular flexibility index (Phi) is 14.0. The van der Waals surface area contributed by atoms with Gasteiger partial charge in [0.25, 0.3) is 0 Å². The molecule has 0 aliphatic rings. The van der Waals surface area contributed by atoms with Gasteiger partial charge >= 0.3 is 11.9 Å². The van der Waals surface area contributed by atoms with Crippen LogP contribution in [0.15, 0.2) is 12.7 Å². The Balaban J connectivity index is 0. The van der Waals surface area contributed by atoms with E-state index in [1.807, 2.05) is 6.08 Å². The molecule has 0 unspecified atom stereocenters. The van der Waals surface area contributed by atoms with Crippen molar-refractivity contribution in [1.29, 1.82) is 0 Å². The zero-order chi connectivity index (χ0) is 12.1. The molecular weight excluding hydrogens is 192 g/mol. The Hall–Kier alpha value is -1.12. The van der Waals surface area contributed by atoms with Gasteiger partial charge in [0.05, 0.1) is 0 Å². The van der Waals surface area contributed by atoms with Gasteiger partial charge in [-0.05, 0) is 12.8 Å². The van der Waals surface area contributed by atoms with E-state index in [0.717, 1.165) is 0 Å². The molecule has 0 bridgehead atoms. The fraction of sp³-hybridized carbons (Fsp3) is 0.667. The molecule has 15 heavy (non-hydrogen) atoms. The van der Waals surface area contributed by atoms with Crippen LogP contribution in [0.5, 0.6) is 0 Å². The maximum Gasteiger partial charge on any atom is 0.310 e. The van der Waals surface area contributed by atoms with Crippen LogP contribution in [0.3, 0.4) is 0 Å². The zero-order valence-corrected chi connectivity index (χ0v) is 10.0. The van der Waals surface area contributed by atoms with Crippen molar-refractivity contribution in [1.82, 2.24) is 0 Å². The molecule has 88 valence electrons. The van der Waals surface area contributed by atoms with Crippen LogP contribution in [0.2, 0.25) is 0 Å². The summed E-state index contributed by atoms with van der Waals surface area (Å²) in [7, 11) is 0. The number of rotatable bonds is 5. The summed E-state index contributed by atoms with van der Waals surface area (Å²) < 4.78 is 3.97. The lowest BCUT2D eigenvalue weighted by molar-refractivity contribution is -0.156. The highest BCUT2D eigenvalue weighted by Gasteiger charge is 1.93. The fourth-order valence-corrected chi connectivity index (χ4v) is 0.918. The predicted octanol–water partition coefficient (Wildman–Crippen LogP) is 3.24. The van der Waals surface area contributed by atoms with Gasteiger partial charge in [0.15, 0.2) is 0 Å². The molecule has 0 atom stereocenters. The van der Waals surface area contributed by atoms with E-state index in [1.54, 1.807) is 0 Å². The molecule has 0 fully saturated rings. The van der Waals surface area contributed by atoms with Crippen LogP contribution in [0, 0.1) is 0 Å². The highest BCUT2D eigenvalue weighted by Crippen LogP contribution is 2.01. The van der Waals surface area contributed by atoms with Crippen molar-refractivity contribution < 1.29 is 14.3 Å². The van der Waals surface area contributed by atoms with Crippen LogP contribution >= 0.6 is 0 Å². The zero-order valence-electron chi connectivity index (χ0n) is 10.0. The van der Waals surface area contributed by atoms with Gasteiger partial charge in [-0.3, -0.25) is 9.59 Å². The first-order chi connectivity index (χ1) is 7.04. The van der Waals surface area contributed by atoms with Crippen molar-refractivity contribution in [3.05, 3.63) is 12.7 Å². The van der Waals surface area contributed by atoms with Gasteiger partial charge in [-0.15, -0.1) is 6.58 Å². The molecule has 3 nitrogen and oxygen atoms in total. The Labute approximate surface area is 92.5 Å². The second kappa shape index (κ2) is 12.9. The van der Waals surface area contributed by atoms with E-state index in [1.165, 1.54) is 46.0 Å². The minimum absolute atomic E-state index is 0.562. The number of ether oxygens (including phenoxy) is 1. The average molecular weight is 214 g/mol. The lowest BCUT2D eigenvalue weighted by Gasteiger charge is -1.91. The van der Waals surface area contributed by atoms with E-state index >= 15 is 0 Å². The topological polar surface area (TPSA) is 43.4 Å². The molecular formula is C12H22O3. The molecule has 0 amide bonds. The second-order valence-corrected chi connectivity index (χ2v) is 3.22. The molecule has 0 rings (SSSR count). The summed E-state index contributed by atoms with van der Waals surface area (Å²) in [5.41, 5.74) is 0. The number of carbonyl (C=O) groups is 2. The first-order valence-corrected chi connectivity index (χ1v) is 5.34. The van der Waals surface area contributed by atoms with E-state index in [0.29, 0.717) is 0 Å². The predicted molar refractivity (Wildman–Crippen MR) is 61.4 cm³/mol.